The van der Waals surface area contributed by atoms with Gasteiger partial charge in [0.05, 0.1) is 18.8 Å². The number of rotatable bonds is 2. The van der Waals surface area contributed by atoms with Gasteiger partial charge in [-0.25, -0.2) is 14.6 Å². The van der Waals surface area contributed by atoms with Crippen LogP contribution in [0.25, 0.3) is 16.9 Å². The zero-order valence-corrected chi connectivity index (χ0v) is 12.2. The van der Waals surface area contributed by atoms with Gasteiger partial charge in [0, 0.05) is 11.8 Å². The van der Waals surface area contributed by atoms with Gasteiger partial charge in [0.2, 0.25) is 0 Å². The molecule has 0 saturated heterocycles. The molecule has 0 saturated carbocycles. The summed E-state index contributed by atoms with van der Waals surface area (Å²) in [5, 5.41) is 14.8. The van der Waals surface area contributed by atoms with E-state index in [4.69, 9.17) is 24.5 Å². The SMILES string of the molecule is COc1cccc(-c2ncc3ccccn23)c1.O=C(O)C(=O)O. The van der Waals surface area contributed by atoms with Gasteiger partial charge < -0.3 is 14.9 Å². The van der Waals surface area contributed by atoms with E-state index >= 15 is 0 Å². The van der Waals surface area contributed by atoms with E-state index in [1.165, 1.54) is 0 Å². The van der Waals surface area contributed by atoms with Crippen LogP contribution in [-0.4, -0.2) is 38.6 Å². The molecule has 0 amide bonds. The first kappa shape index (κ1) is 16.0. The predicted octanol–water partition coefficient (Wildman–Crippen LogP) is 2.17. The summed E-state index contributed by atoms with van der Waals surface area (Å²) in [5.41, 5.74) is 2.14. The summed E-state index contributed by atoms with van der Waals surface area (Å²) in [6.07, 6.45) is 3.88. The minimum atomic E-state index is -1.82. The Labute approximate surface area is 131 Å². The van der Waals surface area contributed by atoms with Gasteiger partial charge in [-0.2, -0.15) is 0 Å². The standard InChI is InChI=1S/C14H12N2O.C2H2O4/c1-17-13-7-4-5-11(9-13)14-15-10-12-6-2-3-8-16(12)14;3-1(4)2(5)6/h2-10H,1H3;(H,3,4)(H,5,6). The number of ether oxygens (including phenoxy) is 1. The molecule has 7 heteroatoms. The summed E-state index contributed by atoms with van der Waals surface area (Å²) in [6, 6.07) is 14.0. The summed E-state index contributed by atoms with van der Waals surface area (Å²) in [7, 11) is 1.67. The third kappa shape index (κ3) is 3.85. The molecule has 0 spiro atoms. The molecule has 0 fully saturated rings. The summed E-state index contributed by atoms with van der Waals surface area (Å²) in [5.74, 6) is -1.88. The van der Waals surface area contributed by atoms with E-state index in [0.717, 1.165) is 22.7 Å². The average Bonchev–Trinajstić information content (AvgIpc) is 2.99. The highest BCUT2D eigenvalue weighted by Crippen LogP contribution is 2.23. The highest BCUT2D eigenvalue weighted by Gasteiger charge is 2.06. The highest BCUT2D eigenvalue weighted by molar-refractivity contribution is 6.27. The van der Waals surface area contributed by atoms with Gasteiger partial charge in [-0.15, -0.1) is 0 Å². The molecule has 2 N–H and O–H groups in total. The summed E-state index contributed by atoms with van der Waals surface area (Å²) in [6.45, 7) is 0. The number of carbonyl (C=O) groups is 2. The van der Waals surface area contributed by atoms with Crippen LogP contribution in [0, 0.1) is 0 Å². The number of imidazole rings is 1. The lowest BCUT2D eigenvalue weighted by molar-refractivity contribution is -0.159. The van der Waals surface area contributed by atoms with Crippen molar-refractivity contribution in [2.24, 2.45) is 0 Å². The topological polar surface area (TPSA) is 101 Å². The van der Waals surface area contributed by atoms with Crippen molar-refractivity contribution < 1.29 is 24.5 Å². The normalized spacial score (nSPS) is 9.78. The molecule has 1 aromatic carbocycles. The fraction of sp³-hybridized carbons (Fsp3) is 0.0625. The molecule has 0 atom stereocenters. The molecule has 2 heterocycles. The summed E-state index contributed by atoms with van der Waals surface area (Å²) >= 11 is 0. The van der Waals surface area contributed by atoms with Gasteiger partial charge in [0.15, 0.2) is 0 Å². The van der Waals surface area contributed by atoms with E-state index in [9.17, 15) is 0 Å². The van der Waals surface area contributed by atoms with Crippen LogP contribution in [0.2, 0.25) is 0 Å². The number of fused-ring (bicyclic) bond motifs is 1. The highest BCUT2D eigenvalue weighted by atomic mass is 16.5. The van der Waals surface area contributed by atoms with E-state index in [-0.39, 0.29) is 0 Å². The first-order valence-corrected chi connectivity index (χ1v) is 6.55. The van der Waals surface area contributed by atoms with E-state index in [0.29, 0.717) is 0 Å². The second-order valence-corrected chi connectivity index (χ2v) is 4.42. The van der Waals surface area contributed by atoms with Crippen molar-refractivity contribution in [2.75, 3.05) is 7.11 Å². The van der Waals surface area contributed by atoms with Crippen LogP contribution in [0.4, 0.5) is 0 Å². The molecule has 2 aromatic heterocycles. The number of carboxylic acids is 2. The fourth-order valence-electron chi connectivity index (χ4n) is 1.92. The number of carboxylic acid groups (broad SMARTS) is 2. The fourth-order valence-corrected chi connectivity index (χ4v) is 1.92. The van der Waals surface area contributed by atoms with Crippen molar-refractivity contribution >= 4 is 17.5 Å². The zero-order valence-electron chi connectivity index (χ0n) is 12.2. The molecule has 0 aliphatic carbocycles. The van der Waals surface area contributed by atoms with E-state index < -0.39 is 11.9 Å². The summed E-state index contributed by atoms with van der Waals surface area (Å²) < 4.78 is 7.29. The van der Waals surface area contributed by atoms with Crippen molar-refractivity contribution in [2.45, 2.75) is 0 Å². The van der Waals surface area contributed by atoms with Crippen LogP contribution in [-0.2, 0) is 9.59 Å². The maximum absolute atomic E-state index is 9.10. The van der Waals surface area contributed by atoms with Gasteiger partial charge in [-0.05, 0) is 24.3 Å². The smallest absolute Gasteiger partial charge is 0.414 e. The minimum Gasteiger partial charge on any atom is -0.497 e. The lowest BCUT2D eigenvalue weighted by Crippen LogP contribution is -2.09. The monoisotopic (exact) mass is 314 g/mol. The van der Waals surface area contributed by atoms with Crippen LogP contribution >= 0.6 is 0 Å². The Hall–Kier alpha value is -3.35. The molecule has 0 radical (unpaired) electrons. The van der Waals surface area contributed by atoms with E-state index in [2.05, 4.69) is 9.38 Å². The van der Waals surface area contributed by atoms with Gasteiger partial charge >= 0.3 is 11.9 Å². The first-order valence-electron chi connectivity index (χ1n) is 6.55. The molecule has 0 aliphatic heterocycles. The third-order valence-electron chi connectivity index (χ3n) is 2.95. The zero-order chi connectivity index (χ0) is 16.8. The van der Waals surface area contributed by atoms with Crippen molar-refractivity contribution in [3.05, 3.63) is 54.9 Å². The van der Waals surface area contributed by atoms with Crippen molar-refractivity contribution in [1.82, 2.24) is 9.38 Å². The minimum absolute atomic E-state index is 0.843. The molecular weight excluding hydrogens is 300 g/mol. The lowest BCUT2D eigenvalue weighted by atomic mass is 10.2. The van der Waals surface area contributed by atoms with Crippen molar-refractivity contribution in [3.63, 3.8) is 0 Å². The first-order chi connectivity index (χ1) is 11.0. The van der Waals surface area contributed by atoms with Gasteiger partial charge in [-0.3, -0.25) is 4.40 Å². The Balaban J connectivity index is 0.000000277. The van der Waals surface area contributed by atoms with E-state index in [1.54, 1.807) is 7.11 Å². The Kier molecular flexibility index (Phi) is 4.93. The molecule has 0 bridgehead atoms. The van der Waals surface area contributed by atoms with Crippen LogP contribution in [0.1, 0.15) is 0 Å². The van der Waals surface area contributed by atoms with Crippen LogP contribution in [0.5, 0.6) is 5.75 Å². The number of aliphatic carboxylic acids is 2. The maximum Gasteiger partial charge on any atom is 0.414 e. The van der Waals surface area contributed by atoms with Gasteiger partial charge in [0.25, 0.3) is 0 Å². The molecular formula is C16H14N2O5. The number of aromatic nitrogens is 2. The van der Waals surface area contributed by atoms with Crippen molar-refractivity contribution in [3.8, 4) is 17.1 Å². The molecule has 3 aromatic rings. The molecule has 23 heavy (non-hydrogen) atoms. The number of nitrogens with zero attached hydrogens (tertiary/aromatic N) is 2. The van der Waals surface area contributed by atoms with Crippen molar-refractivity contribution in [1.29, 1.82) is 0 Å². The Bertz CT molecular complexity index is 829. The number of hydrogen-bond donors (Lipinski definition) is 2. The second kappa shape index (κ2) is 7.08. The number of hydrogen-bond acceptors (Lipinski definition) is 4. The molecule has 0 aliphatic rings. The predicted molar refractivity (Wildman–Crippen MR) is 82.5 cm³/mol. The summed E-state index contributed by atoms with van der Waals surface area (Å²) in [4.78, 5) is 22.6. The van der Waals surface area contributed by atoms with Gasteiger partial charge in [0.1, 0.15) is 11.6 Å². The molecule has 7 nitrogen and oxygen atoms in total. The lowest BCUT2D eigenvalue weighted by Gasteiger charge is -2.03. The van der Waals surface area contributed by atoms with Crippen LogP contribution in [0.15, 0.2) is 54.9 Å². The van der Waals surface area contributed by atoms with Crippen LogP contribution in [0.3, 0.4) is 0 Å². The number of benzene rings is 1. The molecule has 0 unspecified atom stereocenters. The Morgan fingerprint density at radius 2 is 1.83 bits per heavy atom. The molecule has 3 rings (SSSR count). The van der Waals surface area contributed by atoms with Crippen LogP contribution < -0.4 is 4.74 Å². The quantitative estimate of drug-likeness (QED) is 0.703. The number of pyridine rings is 1. The third-order valence-corrected chi connectivity index (χ3v) is 2.95. The maximum atomic E-state index is 9.10. The largest absolute Gasteiger partial charge is 0.497 e. The van der Waals surface area contributed by atoms with E-state index in [1.807, 2.05) is 54.9 Å². The molecule has 118 valence electrons. The Morgan fingerprint density at radius 1 is 1.09 bits per heavy atom. The second-order valence-electron chi connectivity index (χ2n) is 4.42. The van der Waals surface area contributed by atoms with Gasteiger partial charge in [-0.1, -0.05) is 18.2 Å². The average molecular weight is 314 g/mol. The number of methoxy groups -OCH3 is 1. The Morgan fingerprint density at radius 3 is 2.48 bits per heavy atom.